The van der Waals surface area contributed by atoms with Crippen molar-refractivity contribution in [2.24, 2.45) is 0 Å². The van der Waals surface area contributed by atoms with E-state index in [9.17, 15) is 14.4 Å². The molecule has 1 aromatic rings. The van der Waals surface area contributed by atoms with Crippen LogP contribution >= 0.6 is 0 Å². The molecule has 0 saturated carbocycles. The lowest BCUT2D eigenvalue weighted by atomic mass is 10.0. The minimum atomic E-state index is -0.755. The highest BCUT2D eigenvalue weighted by molar-refractivity contribution is 5.92. The van der Waals surface area contributed by atoms with Crippen LogP contribution in [0.15, 0.2) is 43.0 Å². The van der Waals surface area contributed by atoms with Crippen LogP contribution in [-0.4, -0.2) is 49.6 Å². The SMILES string of the molecule is C=CCOC(=O)CNC(=O)[C@H](Cc1ccccc1)NC(=O)[C@@H]1CN1. The van der Waals surface area contributed by atoms with E-state index in [-0.39, 0.29) is 25.1 Å². The van der Waals surface area contributed by atoms with Gasteiger partial charge in [-0.3, -0.25) is 14.4 Å². The molecule has 24 heavy (non-hydrogen) atoms. The van der Waals surface area contributed by atoms with Crippen LogP contribution in [0.1, 0.15) is 5.56 Å². The zero-order valence-corrected chi connectivity index (χ0v) is 13.3. The fourth-order valence-corrected chi connectivity index (χ4v) is 2.06. The van der Waals surface area contributed by atoms with Crippen LogP contribution in [0.25, 0.3) is 0 Å². The number of rotatable bonds is 9. The van der Waals surface area contributed by atoms with Gasteiger partial charge < -0.3 is 20.7 Å². The Morgan fingerprint density at radius 3 is 2.67 bits per heavy atom. The first-order valence-electron chi connectivity index (χ1n) is 7.72. The number of carbonyl (C=O) groups is 3. The van der Waals surface area contributed by atoms with Gasteiger partial charge in [-0.1, -0.05) is 43.0 Å². The minimum Gasteiger partial charge on any atom is -0.460 e. The van der Waals surface area contributed by atoms with Gasteiger partial charge in [0.05, 0.1) is 6.04 Å². The molecular formula is C17H21N3O4. The van der Waals surface area contributed by atoms with E-state index in [1.807, 2.05) is 30.3 Å². The van der Waals surface area contributed by atoms with E-state index in [1.54, 1.807) is 0 Å². The Morgan fingerprint density at radius 2 is 2.04 bits per heavy atom. The normalized spacial score (nSPS) is 16.6. The maximum absolute atomic E-state index is 12.3. The molecule has 0 radical (unpaired) electrons. The molecule has 128 valence electrons. The molecule has 2 atom stereocenters. The van der Waals surface area contributed by atoms with Gasteiger partial charge in [-0.05, 0) is 5.56 Å². The lowest BCUT2D eigenvalue weighted by Gasteiger charge is -2.18. The lowest BCUT2D eigenvalue weighted by Crippen LogP contribution is -2.50. The molecule has 0 bridgehead atoms. The Bertz CT molecular complexity index is 599. The van der Waals surface area contributed by atoms with Crippen molar-refractivity contribution < 1.29 is 19.1 Å². The monoisotopic (exact) mass is 331 g/mol. The smallest absolute Gasteiger partial charge is 0.325 e. The Morgan fingerprint density at radius 1 is 1.33 bits per heavy atom. The van der Waals surface area contributed by atoms with E-state index in [4.69, 9.17) is 4.74 Å². The van der Waals surface area contributed by atoms with Crippen LogP contribution in [0.4, 0.5) is 0 Å². The van der Waals surface area contributed by atoms with Crippen molar-refractivity contribution in [1.29, 1.82) is 0 Å². The molecule has 0 aliphatic carbocycles. The molecule has 0 aromatic heterocycles. The van der Waals surface area contributed by atoms with Gasteiger partial charge in [-0.15, -0.1) is 0 Å². The van der Waals surface area contributed by atoms with Gasteiger partial charge in [0.15, 0.2) is 0 Å². The third kappa shape index (κ3) is 5.85. The third-order valence-corrected chi connectivity index (χ3v) is 3.41. The Hall–Kier alpha value is -2.67. The first-order chi connectivity index (χ1) is 11.6. The van der Waals surface area contributed by atoms with Crippen LogP contribution in [0.2, 0.25) is 0 Å². The van der Waals surface area contributed by atoms with Crippen molar-refractivity contribution in [1.82, 2.24) is 16.0 Å². The van der Waals surface area contributed by atoms with Gasteiger partial charge in [-0.2, -0.15) is 0 Å². The van der Waals surface area contributed by atoms with Gasteiger partial charge in [-0.25, -0.2) is 0 Å². The summed E-state index contributed by atoms with van der Waals surface area (Å²) in [6.07, 6.45) is 1.79. The molecule has 2 rings (SSSR count). The number of ether oxygens (including phenoxy) is 1. The van der Waals surface area contributed by atoms with E-state index in [2.05, 4.69) is 22.5 Å². The zero-order chi connectivity index (χ0) is 17.4. The summed E-state index contributed by atoms with van der Waals surface area (Å²) in [7, 11) is 0. The number of hydrogen-bond acceptors (Lipinski definition) is 5. The molecule has 1 fully saturated rings. The molecule has 0 unspecified atom stereocenters. The second kappa shape index (κ2) is 8.83. The van der Waals surface area contributed by atoms with E-state index >= 15 is 0 Å². The Labute approximate surface area is 140 Å². The largest absolute Gasteiger partial charge is 0.460 e. The highest BCUT2D eigenvalue weighted by Crippen LogP contribution is 2.05. The first kappa shape index (κ1) is 17.7. The van der Waals surface area contributed by atoms with Crippen LogP contribution in [0.5, 0.6) is 0 Å². The van der Waals surface area contributed by atoms with Gasteiger partial charge >= 0.3 is 5.97 Å². The molecule has 1 heterocycles. The predicted octanol–water partition coefficient (Wildman–Crippen LogP) is -0.469. The van der Waals surface area contributed by atoms with Crippen molar-refractivity contribution >= 4 is 17.8 Å². The number of hydrogen-bond donors (Lipinski definition) is 3. The van der Waals surface area contributed by atoms with Crippen LogP contribution < -0.4 is 16.0 Å². The van der Waals surface area contributed by atoms with Crippen LogP contribution in [-0.2, 0) is 25.5 Å². The minimum absolute atomic E-state index is 0.0895. The number of amides is 2. The molecule has 7 heteroatoms. The average molecular weight is 331 g/mol. The van der Waals surface area contributed by atoms with Gasteiger partial charge in [0, 0.05) is 13.0 Å². The van der Waals surface area contributed by atoms with Crippen LogP contribution in [0.3, 0.4) is 0 Å². The van der Waals surface area contributed by atoms with E-state index in [0.29, 0.717) is 13.0 Å². The summed E-state index contributed by atoms with van der Waals surface area (Å²) in [4.78, 5) is 35.7. The van der Waals surface area contributed by atoms with Crippen molar-refractivity contribution in [2.75, 3.05) is 19.7 Å². The van der Waals surface area contributed by atoms with Gasteiger partial charge in [0.2, 0.25) is 11.8 Å². The van der Waals surface area contributed by atoms with Gasteiger partial charge in [0.25, 0.3) is 0 Å². The van der Waals surface area contributed by atoms with Crippen LogP contribution in [0, 0.1) is 0 Å². The fraction of sp³-hybridized carbons (Fsp3) is 0.353. The summed E-state index contributed by atoms with van der Waals surface area (Å²) in [6, 6.07) is 8.35. The van der Waals surface area contributed by atoms with Gasteiger partial charge in [0.1, 0.15) is 19.2 Å². The maximum atomic E-state index is 12.3. The second-order valence-corrected chi connectivity index (χ2v) is 5.40. The Balaban J connectivity index is 1.92. The highest BCUT2D eigenvalue weighted by Gasteiger charge is 2.32. The van der Waals surface area contributed by atoms with E-state index < -0.39 is 17.9 Å². The topological polar surface area (TPSA) is 106 Å². The predicted molar refractivity (Wildman–Crippen MR) is 88.0 cm³/mol. The maximum Gasteiger partial charge on any atom is 0.325 e. The van der Waals surface area contributed by atoms with Crippen molar-refractivity contribution in [3.8, 4) is 0 Å². The number of benzene rings is 1. The molecule has 1 aliphatic heterocycles. The quantitative estimate of drug-likeness (QED) is 0.322. The molecule has 3 N–H and O–H groups in total. The Kier molecular flexibility index (Phi) is 6.51. The number of nitrogens with one attached hydrogen (secondary N) is 3. The number of carbonyl (C=O) groups excluding carboxylic acids is 3. The molecule has 2 amide bonds. The standard InChI is InChI=1S/C17H21N3O4/c1-2-8-24-15(21)11-19-16(22)13(20-17(23)14-10-18-14)9-12-6-4-3-5-7-12/h2-7,13-14,18H,1,8-11H2,(H,19,22)(H,20,23)/t13-,14-/m0/s1. The average Bonchev–Trinajstić information content (AvgIpc) is 3.43. The lowest BCUT2D eigenvalue weighted by molar-refractivity contribution is -0.143. The van der Waals surface area contributed by atoms with Crippen molar-refractivity contribution in [3.63, 3.8) is 0 Å². The summed E-state index contributed by atoms with van der Waals surface area (Å²) in [5.41, 5.74) is 0.913. The summed E-state index contributed by atoms with van der Waals surface area (Å²) in [6.45, 7) is 3.89. The molecule has 7 nitrogen and oxygen atoms in total. The highest BCUT2D eigenvalue weighted by atomic mass is 16.5. The van der Waals surface area contributed by atoms with Crippen molar-refractivity contribution in [3.05, 3.63) is 48.6 Å². The summed E-state index contributed by atoms with van der Waals surface area (Å²) >= 11 is 0. The van der Waals surface area contributed by atoms with E-state index in [0.717, 1.165) is 5.56 Å². The first-order valence-corrected chi connectivity index (χ1v) is 7.72. The second-order valence-electron chi connectivity index (χ2n) is 5.40. The molecule has 1 aliphatic rings. The van der Waals surface area contributed by atoms with E-state index in [1.165, 1.54) is 6.08 Å². The third-order valence-electron chi connectivity index (χ3n) is 3.41. The summed E-state index contributed by atoms with van der Waals surface area (Å²) in [5.74, 6) is -1.21. The molecule has 0 spiro atoms. The zero-order valence-electron chi connectivity index (χ0n) is 13.3. The molecular weight excluding hydrogens is 310 g/mol. The molecule has 1 aromatic carbocycles. The fourth-order valence-electron chi connectivity index (χ4n) is 2.06. The van der Waals surface area contributed by atoms with Crippen molar-refractivity contribution in [2.45, 2.75) is 18.5 Å². The molecule has 1 saturated heterocycles. The summed E-state index contributed by atoms with van der Waals surface area (Å²) in [5, 5.41) is 8.09. The summed E-state index contributed by atoms with van der Waals surface area (Å²) < 4.78 is 4.80. The number of esters is 1.